The summed E-state index contributed by atoms with van der Waals surface area (Å²) in [6.07, 6.45) is 7.19. The Morgan fingerprint density at radius 3 is 2.41 bits per heavy atom. The molecule has 2 N–H and O–H groups in total. The van der Waals surface area contributed by atoms with Crippen LogP contribution in [0.5, 0.6) is 0 Å². The molecule has 6 rings (SSSR count). The van der Waals surface area contributed by atoms with E-state index in [1.165, 1.54) is 7.11 Å². The van der Waals surface area contributed by atoms with Crippen LogP contribution in [0.25, 0.3) is 22.2 Å². The number of aldehydes is 1. The third-order valence-electron chi connectivity index (χ3n) is 12.0. The topological polar surface area (TPSA) is 101 Å². The van der Waals surface area contributed by atoms with Gasteiger partial charge in [0.05, 0.1) is 17.8 Å². The van der Waals surface area contributed by atoms with Crippen molar-refractivity contribution in [2.45, 2.75) is 70.1 Å². The molecule has 59 heavy (non-hydrogen) atoms. The molecular weight excluding hydrogens is 807 g/mol. The molecule has 2 amide bonds. The lowest BCUT2D eigenvalue weighted by Gasteiger charge is -2.40. The van der Waals surface area contributed by atoms with E-state index in [0.29, 0.717) is 57.4 Å². The number of aromatic nitrogens is 1. The molecule has 0 spiro atoms. The molecule has 314 valence electrons. The van der Waals surface area contributed by atoms with E-state index in [-0.39, 0.29) is 36.5 Å². The fourth-order valence-electron chi connectivity index (χ4n) is 8.74. The average molecular weight is 862 g/mol. The number of halogens is 3. The largest absolute Gasteiger partial charge is 0.375 e. The SMILES string of the molecule is C=CN(/C(=C(\C)c1ccccc1)c1c(C(=O)N[C@H]2CN(C(=O)COC)CC2N2CCC(N(C)CCCCC=O)CC2)[nH]c2cc(Cl)ccc12)C(C)c1ccc(Cl)cc1Cl. The number of nitrogens with zero attached hydrogens (tertiary/aromatic N) is 4. The summed E-state index contributed by atoms with van der Waals surface area (Å²) in [6, 6.07) is 20.8. The van der Waals surface area contributed by atoms with Crippen molar-refractivity contribution in [1.82, 2.24) is 29.9 Å². The Kier molecular flexibility index (Phi) is 15.4. The number of H-pyrrole nitrogens is 1. The van der Waals surface area contributed by atoms with Gasteiger partial charge in [0.15, 0.2) is 0 Å². The second kappa shape index (κ2) is 20.4. The molecule has 2 saturated heterocycles. The fraction of sp³-hybridized carbons (Fsp3) is 0.413. The van der Waals surface area contributed by atoms with E-state index in [9.17, 15) is 9.59 Å². The van der Waals surface area contributed by atoms with Gasteiger partial charge in [-0.1, -0.05) is 83.8 Å². The lowest BCUT2D eigenvalue weighted by Crippen LogP contribution is -2.55. The zero-order valence-corrected chi connectivity index (χ0v) is 36.6. The molecule has 3 aromatic carbocycles. The third kappa shape index (κ3) is 10.2. The van der Waals surface area contributed by atoms with Crippen molar-refractivity contribution in [3.63, 3.8) is 0 Å². The fourth-order valence-corrected chi connectivity index (χ4v) is 9.48. The minimum absolute atomic E-state index is 0.0303. The Morgan fingerprint density at radius 1 is 1.02 bits per heavy atom. The molecule has 4 aromatic rings. The minimum atomic E-state index is -0.353. The number of hydrogen-bond donors (Lipinski definition) is 2. The number of amides is 2. The van der Waals surface area contributed by atoms with Crippen molar-refractivity contribution in [3.8, 4) is 0 Å². The van der Waals surface area contributed by atoms with Gasteiger partial charge in [0.2, 0.25) is 5.91 Å². The highest BCUT2D eigenvalue weighted by Crippen LogP contribution is 2.42. The van der Waals surface area contributed by atoms with Crippen molar-refractivity contribution in [2.75, 3.05) is 53.5 Å². The van der Waals surface area contributed by atoms with Crippen LogP contribution in [0.15, 0.2) is 79.5 Å². The molecule has 0 radical (unpaired) electrons. The van der Waals surface area contributed by atoms with E-state index in [1.807, 2.05) is 74.5 Å². The summed E-state index contributed by atoms with van der Waals surface area (Å²) in [5, 5.41) is 5.79. The number of piperidine rings is 1. The van der Waals surface area contributed by atoms with Crippen LogP contribution < -0.4 is 5.32 Å². The van der Waals surface area contributed by atoms with Crippen LogP contribution in [0, 0.1) is 0 Å². The quantitative estimate of drug-likeness (QED) is 0.0808. The van der Waals surface area contributed by atoms with Crippen molar-refractivity contribution in [3.05, 3.63) is 117 Å². The van der Waals surface area contributed by atoms with Crippen molar-refractivity contribution in [1.29, 1.82) is 0 Å². The molecule has 2 fully saturated rings. The van der Waals surface area contributed by atoms with Gasteiger partial charge in [0.1, 0.15) is 18.6 Å². The predicted molar refractivity (Wildman–Crippen MR) is 240 cm³/mol. The first kappa shape index (κ1) is 44.4. The van der Waals surface area contributed by atoms with Gasteiger partial charge in [0, 0.05) is 83.3 Å². The molecule has 0 saturated carbocycles. The number of hydrogen-bond acceptors (Lipinski definition) is 7. The number of aromatic amines is 1. The molecule has 2 aliphatic heterocycles. The number of benzene rings is 3. The number of ether oxygens (including phenoxy) is 1. The van der Waals surface area contributed by atoms with E-state index in [0.717, 1.165) is 79.4 Å². The van der Waals surface area contributed by atoms with Crippen LogP contribution >= 0.6 is 34.8 Å². The number of methoxy groups -OCH3 is 1. The van der Waals surface area contributed by atoms with Crippen LogP contribution in [0.2, 0.25) is 15.1 Å². The summed E-state index contributed by atoms with van der Waals surface area (Å²) < 4.78 is 5.25. The van der Waals surface area contributed by atoms with Crippen LogP contribution in [0.4, 0.5) is 0 Å². The number of carbonyl (C=O) groups excluding carboxylic acids is 3. The number of likely N-dealkylation sites (tertiary alicyclic amines) is 2. The average Bonchev–Trinajstić information content (AvgIpc) is 3.83. The molecule has 0 bridgehead atoms. The van der Waals surface area contributed by atoms with Crippen LogP contribution in [-0.2, 0) is 14.3 Å². The highest BCUT2D eigenvalue weighted by atomic mass is 35.5. The number of rotatable bonds is 17. The normalized spacial score (nSPS) is 18.5. The summed E-state index contributed by atoms with van der Waals surface area (Å²) in [5.41, 5.74) is 5.24. The standard InChI is InChI=1S/C46H55Cl3N6O4/c1-6-55(31(3)36-17-15-33(47)25-38(36)49)45(30(2)32-13-9-7-10-14-32)43-37-18-16-34(48)26-39(37)50-44(43)46(58)51-40-27-54(42(57)29-59-5)28-41(40)53-22-19-35(20-23-53)52(4)21-11-8-12-24-56/h6-7,9-10,13-18,24-26,31,35,40-41,50H,1,8,11-12,19-23,27-29H2,2-5H3,(H,51,58)/b45-30+/t31?,40-,41?/m0/s1. The van der Waals surface area contributed by atoms with Gasteiger partial charge in [-0.05, 0) is 100 Å². The third-order valence-corrected chi connectivity index (χ3v) is 12.8. The van der Waals surface area contributed by atoms with Gasteiger partial charge in [-0.2, -0.15) is 0 Å². The Labute approximate surface area is 363 Å². The molecule has 3 heterocycles. The second-order valence-corrected chi connectivity index (χ2v) is 16.9. The summed E-state index contributed by atoms with van der Waals surface area (Å²) in [7, 11) is 3.68. The summed E-state index contributed by atoms with van der Waals surface area (Å²) in [5.74, 6) is -0.409. The Bertz CT molecular complexity index is 2150. The van der Waals surface area contributed by atoms with Gasteiger partial charge in [0.25, 0.3) is 5.91 Å². The molecule has 2 unspecified atom stereocenters. The molecule has 10 nitrogen and oxygen atoms in total. The van der Waals surface area contributed by atoms with Crippen LogP contribution in [0.1, 0.15) is 79.2 Å². The Hall–Kier alpha value is -4.16. The Morgan fingerprint density at radius 2 is 1.73 bits per heavy atom. The number of carbonyl (C=O) groups is 3. The summed E-state index contributed by atoms with van der Waals surface area (Å²) in [6.45, 7) is 11.8. The van der Waals surface area contributed by atoms with Crippen molar-refractivity contribution in [2.24, 2.45) is 0 Å². The summed E-state index contributed by atoms with van der Waals surface area (Å²) in [4.78, 5) is 51.3. The molecule has 2 aliphatic rings. The summed E-state index contributed by atoms with van der Waals surface area (Å²) >= 11 is 19.7. The van der Waals surface area contributed by atoms with Crippen molar-refractivity contribution < 1.29 is 19.1 Å². The maximum atomic E-state index is 15.0. The second-order valence-electron chi connectivity index (χ2n) is 15.6. The molecule has 0 aliphatic carbocycles. The highest BCUT2D eigenvalue weighted by molar-refractivity contribution is 6.35. The predicted octanol–water partition coefficient (Wildman–Crippen LogP) is 8.94. The maximum absolute atomic E-state index is 15.0. The monoisotopic (exact) mass is 860 g/mol. The lowest BCUT2D eigenvalue weighted by atomic mass is 9.95. The van der Waals surface area contributed by atoms with Gasteiger partial charge < -0.3 is 34.5 Å². The molecule has 1 aromatic heterocycles. The molecule has 13 heteroatoms. The molecular formula is C46H55Cl3N6O4. The molecule has 3 atom stereocenters. The van der Waals surface area contributed by atoms with Gasteiger partial charge in [-0.25, -0.2) is 0 Å². The number of allylic oxidation sites excluding steroid dienone is 1. The van der Waals surface area contributed by atoms with E-state index in [4.69, 9.17) is 39.5 Å². The van der Waals surface area contributed by atoms with E-state index >= 15 is 4.79 Å². The van der Waals surface area contributed by atoms with Gasteiger partial charge in [-0.3, -0.25) is 14.5 Å². The zero-order valence-electron chi connectivity index (χ0n) is 34.4. The number of fused-ring (bicyclic) bond motifs is 1. The highest BCUT2D eigenvalue weighted by Gasteiger charge is 2.41. The Balaban J connectivity index is 1.38. The first-order valence-corrected chi connectivity index (χ1v) is 21.5. The first-order chi connectivity index (χ1) is 28.4. The van der Waals surface area contributed by atoms with Gasteiger partial charge in [-0.15, -0.1) is 0 Å². The zero-order chi connectivity index (χ0) is 42.2. The van der Waals surface area contributed by atoms with E-state index < -0.39 is 0 Å². The van der Waals surface area contributed by atoms with Crippen LogP contribution in [-0.4, -0.2) is 114 Å². The lowest BCUT2D eigenvalue weighted by molar-refractivity contribution is -0.134. The van der Waals surface area contributed by atoms with Crippen LogP contribution in [0.3, 0.4) is 0 Å². The first-order valence-electron chi connectivity index (χ1n) is 20.3. The minimum Gasteiger partial charge on any atom is -0.375 e. The smallest absolute Gasteiger partial charge is 0.268 e. The number of nitrogens with one attached hydrogen (secondary N) is 2. The van der Waals surface area contributed by atoms with E-state index in [1.54, 1.807) is 17.2 Å². The van der Waals surface area contributed by atoms with E-state index in [2.05, 4.69) is 38.6 Å². The van der Waals surface area contributed by atoms with Crippen molar-refractivity contribution >= 4 is 75.1 Å². The van der Waals surface area contributed by atoms with Gasteiger partial charge >= 0.3 is 0 Å². The number of unbranched alkanes of at least 4 members (excludes halogenated alkanes) is 2. The maximum Gasteiger partial charge on any atom is 0.268 e.